The molecule has 0 radical (unpaired) electrons. The number of nitrogens with one attached hydrogen (secondary N) is 1. The quantitative estimate of drug-likeness (QED) is 0.587. The van der Waals surface area contributed by atoms with Gasteiger partial charge in [-0.15, -0.1) is 0 Å². The lowest BCUT2D eigenvalue weighted by Gasteiger charge is -2.44. The van der Waals surface area contributed by atoms with Gasteiger partial charge in [0.15, 0.2) is 0 Å². The third-order valence-electron chi connectivity index (χ3n) is 2.74. The Labute approximate surface area is 85.4 Å². The van der Waals surface area contributed by atoms with Crippen LogP contribution in [0.3, 0.4) is 0 Å². The summed E-state index contributed by atoms with van der Waals surface area (Å²) in [7, 11) is 0. The number of nitrogens with two attached hydrogens (primary N) is 2. The van der Waals surface area contributed by atoms with Crippen LogP contribution in [0.15, 0.2) is 0 Å². The predicted octanol–water partition coefficient (Wildman–Crippen LogP) is 0.951. The molecule has 4 heteroatoms. The Morgan fingerprint density at radius 1 is 1.36 bits per heavy atom. The van der Waals surface area contributed by atoms with Crippen LogP contribution in [0.4, 0.5) is 4.79 Å². The standard InChI is InChI=1S/C10H21N3O/c1-9(2)4-7(13-8(11)14)5-10(3,12)6-9/h7H,4-6,12H2,1-3H3,(H3,11,13,14). The highest BCUT2D eigenvalue weighted by Gasteiger charge is 2.39. The van der Waals surface area contributed by atoms with Crippen molar-refractivity contribution in [2.45, 2.75) is 51.6 Å². The molecule has 5 N–H and O–H groups in total. The van der Waals surface area contributed by atoms with E-state index in [9.17, 15) is 4.79 Å². The fourth-order valence-corrected chi connectivity index (χ4v) is 2.84. The molecule has 1 saturated carbocycles. The normalized spacial score (nSPS) is 36.4. The molecule has 0 aromatic carbocycles. The third kappa shape index (κ3) is 3.18. The van der Waals surface area contributed by atoms with Crippen LogP contribution in [-0.4, -0.2) is 17.6 Å². The van der Waals surface area contributed by atoms with Crippen LogP contribution in [0, 0.1) is 5.41 Å². The molecule has 4 nitrogen and oxygen atoms in total. The van der Waals surface area contributed by atoms with Crippen LogP contribution >= 0.6 is 0 Å². The van der Waals surface area contributed by atoms with E-state index in [4.69, 9.17) is 11.5 Å². The summed E-state index contributed by atoms with van der Waals surface area (Å²) < 4.78 is 0. The number of primary amides is 1. The van der Waals surface area contributed by atoms with Crippen molar-refractivity contribution in [2.24, 2.45) is 16.9 Å². The summed E-state index contributed by atoms with van der Waals surface area (Å²) >= 11 is 0. The smallest absolute Gasteiger partial charge is 0.312 e. The average Bonchev–Trinajstić information content (AvgIpc) is 1.74. The monoisotopic (exact) mass is 199 g/mol. The molecule has 0 heterocycles. The van der Waals surface area contributed by atoms with E-state index in [-0.39, 0.29) is 17.0 Å². The maximum Gasteiger partial charge on any atom is 0.312 e. The van der Waals surface area contributed by atoms with Gasteiger partial charge in [0.05, 0.1) is 0 Å². The number of hydrogen-bond acceptors (Lipinski definition) is 2. The Balaban J connectivity index is 2.66. The van der Waals surface area contributed by atoms with Crippen molar-refractivity contribution in [3.8, 4) is 0 Å². The van der Waals surface area contributed by atoms with Gasteiger partial charge < -0.3 is 16.8 Å². The molecule has 0 bridgehead atoms. The van der Waals surface area contributed by atoms with Crippen LogP contribution < -0.4 is 16.8 Å². The zero-order valence-electron chi connectivity index (χ0n) is 9.26. The summed E-state index contributed by atoms with van der Waals surface area (Å²) in [6.07, 6.45) is 2.74. The number of carbonyl (C=O) groups excluding carboxylic acids is 1. The maximum absolute atomic E-state index is 10.8. The number of amides is 2. The zero-order valence-corrected chi connectivity index (χ0v) is 9.26. The van der Waals surface area contributed by atoms with E-state index >= 15 is 0 Å². The zero-order chi connectivity index (χ0) is 11.0. The molecule has 2 amide bonds. The molecule has 0 aromatic heterocycles. The van der Waals surface area contributed by atoms with Crippen molar-refractivity contribution in [3.63, 3.8) is 0 Å². The van der Waals surface area contributed by atoms with Gasteiger partial charge in [-0.2, -0.15) is 0 Å². The summed E-state index contributed by atoms with van der Waals surface area (Å²) in [5.74, 6) is 0. The van der Waals surface area contributed by atoms with Crippen molar-refractivity contribution in [1.82, 2.24) is 5.32 Å². The SMILES string of the molecule is CC1(C)CC(NC(N)=O)CC(C)(N)C1. The van der Waals surface area contributed by atoms with E-state index in [0.29, 0.717) is 0 Å². The number of rotatable bonds is 1. The van der Waals surface area contributed by atoms with Crippen LogP contribution in [0.2, 0.25) is 0 Å². The first-order valence-electron chi connectivity index (χ1n) is 5.05. The lowest BCUT2D eigenvalue weighted by molar-refractivity contribution is 0.132. The molecule has 1 fully saturated rings. The van der Waals surface area contributed by atoms with Gasteiger partial charge in [-0.25, -0.2) is 4.79 Å². The van der Waals surface area contributed by atoms with Crippen molar-refractivity contribution in [3.05, 3.63) is 0 Å². The van der Waals surface area contributed by atoms with Gasteiger partial charge in [0.2, 0.25) is 0 Å². The van der Waals surface area contributed by atoms with E-state index in [1.807, 2.05) is 6.92 Å². The summed E-state index contributed by atoms with van der Waals surface area (Å²) in [6, 6.07) is -0.338. The minimum atomic E-state index is -0.455. The lowest BCUT2D eigenvalue weighted by Crippen LogP contribution is -2.54. The second kappa shape index (κ2) is 3.42. The van der Waals surface area contributed by atoms with Gasteiger partial charge in [-0.3, -0.25) is 0 Å². The number of hydrogen-bond donors (Lipinski definition) is 3. The molecule has 0 aromatic rings. The van der Waals surface area contributed by atoms with E-state index < -0.39 is 6.03 Å². The topological polar surface area (TPSA) is 81.1 Å². The summed E-state index contributed by atoms with van der Waals surface area (Å²) in [5.41, 5.74) is 11.2. The highest BCUT2D eigenvalue weighted by Crippen LogP contribution is 2.39. The van der Waals surface area contributed by atoms with Crippen LogP contribution in [0.5, 0.6) is 0 Å². The molecular formula is C10H21N3O. The van der Waals surface area contributed by atoms with Gasteiger partial charge in [0.25, 0.3) is 0 Å². The lowest BCUT2D eigenvalue weighted by atomic mass is 9.67. The fraction of sp³-hybridized carbons (Fsp3) is 0.900. The van der Waals surface area contributed by atoms with E-state index in [1.165, 1.54) is 0 Å². The van der Waals surface area contributed by atoms with Crippen molar-refractivity contribution in [1.29, 1.82) is 0 Å². The first kappa shape index (κ1) is 11.3. The Kier molecular flexibility index (Phi) is 2.76. The van der Waals surface area contributed by atoms with Gasteiger partial charge >= 0.3 is 6.03 Å². The number of carbonyl (C=O) groups is 1. The Morgan fingerprint density at radius 3 is 2.36 bits per heavy atom. The molecule has 0 aliphatic heterocycles. The van der Waals surface area contributed by atoms with Crippen molar-refractivity contribution >= 4 is 6.03 Å². The largest absolute Gasteiger partial charge is 0.352 e. The molecule has 2 unspecified atom stereocenters. The molecule has 0 spiro atoms. The predicted molar refractivity (Wildman–Crippen MR) is 56.7 cm³/mol. The second-order valence-electron chi connectivity index (χ2n) is 5.61. The summed E-state index contributed by atoms with van der Waals surface area (Å²) in [4.78, 5) is 10.8. The van der Waals surface area contributed by atoms with Gasteiger partial charge in [0, 0.05) is 11.6 Å². The van der Waals surface area contributed by atoms with Gasteiger partial charge in [-0.1, -0.05) is 13.8 Å². The summed E-state index contributed by atoms with van der Waals surface area (Å²) in [5, 5.41) is 2.75. The molecule has 2 atom stereocenters. The van der Waals surface area contributed by atoms with Crippen LogP contribution in [0.1, 0.15) is 40.0 Å². The first-order valence-corrected chi connectivity index (χ1v) is 5.05. The molecule has 1 aliphatic rings. The molecule has 14 heavy (non-hydrogen) atoms. The number of urea groups is 1. The van der Waals surface area contributed by atoms with Crippen LogP contribution in [0.25, 0.3) is 0 Å². The minimum absolute atomic E-state index is 0.117. The fourth-order valence-electron chi connectivity index (χ4n) is 2.84. The average molecular weight is 199 g/mol. The molecule has 1 rings (SSSR count). The molecule has 82 valence electrons. The maximum atomic E-state index is 10.8. The molecular weight excluding hydrogens is 178 g/mol. The third-order valence-corrected chi connectivity index (χ3v) is 2.74. The van der Waals surface area contributed by atoms with Crippen molar-refractivity contribution in [2.75, 3.05) is 0 Å². The molecule has 1 aliphatic carbocycles. The molecule has 0 saturated heterocycles. The van der Waals surface area contributed by atoms with E-state index in [1.54, 1.807) is 0 Å². The minimum Gasteiger partial charge on any atom is -0.352 e. The van der Waals surface area contributed by atoms with E-state index in [2.05, 4.69) is 19.2 Å². The van der Waals surface area contributed by atoms with Gasteiger partial charge in [0.1, 0.15) is 0 Å². The van der Waals surface area contributed by atoms with Crippen molar-refractivity contribution < 1.29 is 4.79 Å². The first-order chi connectivity index (χ1) is 6.20. The highest BCUT2D eigenvalue weighted by molar-refractivity contribution is 5.72. The summed E-state index contributed by atoms with van der Waals surface area (Å²) in [6.45, 7) is 6.38. The Morgan fingerprint density at radius 2 is 1.93 bits per heavy atom. The Hall–Kier alpha value is -0.770. The van der Waals surface area contributed by atoms with Gasteiger partial charge in [-0.05, 0) is 31.6 Å². The highest BCUT2D eigenvalue weighted by atomic mass is 16.2. The second-order valence-corrected chi connectivity index (χ2v) is 5.61. The van der Waals surface area contributed by atoms with E-state index in [0.717, 1.165) is 19.3 Å². The Bertz CT molecular complexity index is 220. The van der Waals surface area contributed by atoms with Crippen LogP contribution in [-0.2, 0) is 0 Å².